The Hall–Kier alpha value is -2.78. The quantitative estimate of drug-likeness (QED) is 0.891. The molecule has 1 amide bonds. The van der Waals surface area contributed by atoms with E-state index in [1.807, 2.05) is 0 Å². The van der Waals surface area contributed by atoms with Crippen molar-refractivity contribution < 1.29 is 18.0 Å². The topological polar surface area (TPSA) is 72.2 Å². The minimum Gasteiger partial charge on any atom is -0.347 e. The van der Waals surface area contributed by atoms with Crippen molar-refractivity contribution in [2.75, 3.05) is 19.0 Å². The van der Waals surface area contributed by atoms with Crippen LogP contribution in [0.4, 0.5) is 23.9 Å². The molecular formula is C16H20F3N5O2. The number of amides is 1. The number of carbonyl (C=O) groups is 1. The van der Waals surface area contributed by atoms with Crippen LogP contribution in [0.15, 0.2) is 29.1 Å². The highest BCUT2D eigenvalue weighted by Crippen LogP contribution is 2.29. The Morgan fingerprint density at radius 1 is 1.27 bits per heavy atom. The van der Waals surface area contributed by atoms with Gasteiger partial charge in [-0.3, -0.25) is 4.57 Å². The summed E-state index contributed by atoms with van der Waals surface area (Å²) >= 11 is 0. The predicted molar refractivity (Wildman–Crippen MR) is 90.3 cm³/mol. The average molecular weight is 371 g/mol. The number of nitrogens with zero attached hydrogens (tertiary/aromatic N) is 4. The second-order valence-electron chi connectivity index (χ2n) is 6.20. The molecule has 2 aromatic rings. The number of rotatable bonds is 4. The van der Waals surface area contributed by atoms with Crippen molar-refractivity contribution in [1.82, 2.24) is 19.7 Å². The van der Waals surface area contributed by atoms with Crippen molar-refractivity contribution in [2.24, 2.45) is 7.05 Å². The molecule has 0 saturated heterocycles. The van der Waals surface area contributed by atoms with Gasteiger partial charge in [-0.2, -0.15) is 13.2 Å². The monoisotopic (exact) mass is 371 g/mol. The fraction of sp³-hybridized carbons (Fsp3) is 0.438. The second-order valence-corrected chi connectivity index (χ2v) is 6.20. The molecule has 1 aromatic carbocycles. The summed E-state index contributed by atoms with van der Waals surface area (Å²) < 4.78 is 39.7. The fourth-order valence-corrected chi connectivity index (χ4v) is 2.45. The highest BCUT2D eigenvalue weighted by molar-refractivity contribution is 5.76. The van der Waals surface area contributed by atoms with Gasteiger partial charge in [-0.1, -0.05) is 12.1 Å². The zero-order valence-electron chi connectivity index (χ0n) is 14.8. The molecule has 0 aliphatic rings. The van der Waals surface area contributed by atoms with Gasteiger partial charge in [0.15, 0.2) is 0 Å². The smallest absolute Gasteiger partial charge is 0.347 e. The Morgan fingerprint density at radius 3 is 2.31 bits per heavy atom. The van der Waals surface area contributed by atoms with E-state index in [1.165, 1.54) is 23.7 Å². The molecule has 1 N–H and O–H groups in total. The average Bonchev–Trinajstić information content (AvgIpc) is 2.83. The summed E-state index contributed by atoms with van der Waals surface area (Å²) in [6.07, 6.45) is -4.07. The molecule has 26 heavy (non-hydrogen) atoms. The maximum Gasteiger partial charge on any atom is 0.416 e. The van der Waals surface area contributed by atoms with Crippen LogP contribution < -0.4 is 15.9 Å². The summed E-state index contributed by atoms with van der Waals surface area (Å²) in [6, 6.07) is 3.62. The molecule has 1 unspecified atom stereocenters. The van der Waals surface area contributed by atoms with Crippen LogP contribution in [0.2, 0.25) is 0 Å². The van der Waals surface area contributed by atoms with Gasteiger partial charge in [-0.05, 0) is 31.0 Å². The number of benzene rings is 1. The Balaban J connectivity index is 2.06. The number of alkyl halides is 3. The first-order valence-corrected chi connectivity index (χ1v) is 7.81. The highest BCUT2D eigenvalue weighted by Gasteiger charge is 2.30. The summed E-state index contributed by atoms with van der Waals surface area (Å²) in [4.78, 5) is 25.9. The van der Waals surface area contributed by atoms with E-state index in [4.69, 9.17) is 0 Å². The van der Waals surface area contributed by atoms with Crippen LogP contribution in [0.1, 0.15) is 18.1 Å². The molecular weight excluding hydrogens is 351 g/mol. The second kappa shape index (κ2) is 7.22. The molecule has 0 spiro atoms. The lowest BCUT2D eigenvalue weighted by atomic mass is 10.1. The minimum absolute atomic E-state index is 0.312. The summed E-state index contributed by atoms with van der Waals surface area (Å²) in [5, 5.41) is 6.58. The summed E-state index contributed by atoms with van der Waals surface area (Å²) in [5.74, 6) is 0.320. The van der Waals surface area contributed by atoms with Crippen molar-refractivity contribution in [1.29, 1.82) is 0 Å². The number of halogens is 3. The summed E-state index contributed by atoms with van der Waals surface area (Å²) in [5.41, 5.74) is -0.685. The van der Waals surface area contributed by atoms with Crippen LogP contribution in [0.3, 0.4) is 0 Å². The largest absolute Gasteiger partial charge is 0.416 e. The molecule has 1 heterocycles. The molecule has 10 heteroatoms. The molecule has 1 aromatic heterocycles. The number of anilines is 1. The van der Waals surface area contributed by atoms with E-state index in [1.54, 1.807) is 25.9 Å². The van der Waals surface area contributed by atoms with Crippen LogP contribution >= 0.6 is 0 Å². The van der Waals surface area contributed by atoms with E-state index >= 15 is 0 Å². The van der Waals surface area contributed by atoms with E-state index in [0.717, 1.165) is 16.8 Å². The molecule has 1 atom stereocenters. The van der Waals surface area contributed by atoms with Crippen molar-refractivity contribution in [3.8, 4) is 0 Å². The van der Waals surface area contributed by atoms with E-state index in [9.17, 15) is 22.8 Å². The van der Waals surface area contributed by atoms with Gasteiger partial charge in [-0.15, -0.1) is 9.78 Å². The van der Waals surface area contributed by atoms with Crippen molar-refractivity contribution in [2.45, 2.75) is 25.6 Å². The SMILES string of the molecule is CC(Cc1ccc(C(F)(F)F)cc1)NC(=O)n1nc(N(C)C)n(C)c1=O. The molecule has 0 aliphatic heterocycles. The van der Waals surface area contributed by atoms with Crippen molar-refractivity contribution in [3.63, 3.8) is 0 Å². The standard InChI is InChI=1S/C16H20F3N5O2/c1-10(9-11-5-7-12(8-6-11)16(17,18)19)20-14(25)24-15(26)23(4)13(21-24)22(2)3/h5-8,10H,9H2,1-4H3,(H,20,25). The lowest BCUT2D eigenvalue weighted by Gasteiger charge is -2.14. The maximum atomic E-state index is 12.6. The number of carbonyl (C=O) groups excluding carboxylic acids is 1. The maximum absolute atomic E-state index is 12.6. The Bertz CT molecular complexity index is 837. The van der Waals surface area contributed by atoms with E-state index in [0.29, 0.717) is 17.9 Å². The van der Waals surface area contributed by atoms with Crippen molar-refractivity contribution >= 4 is 12.0 Å². The first kappa shape index (κ1) is 19.5. The molecule has 0 saturated carbocycles. The lowest BCUT2D eigenvalue weighted by molar-refractivity contribution is -0.137. The Morgan fingerprint density at radius 2 is 1.85 bits per heavy atom. The Kier molecular flexibility index (Phi) is 5.43. The predicted octanol–water partition coefficient (Wildman–Crippen LogP) is 1.86. The molecule has 2 rings (SSSR count). The minimum atomic E-state index is -4.39. The van der Waals surface area contributed by atoms with Gasteiger partial charge in [0.1, 0.15) is 0 Å². The van der Waals surface area contributed by atoms with Gasteiger partial charge in [-0.25, -0.2) is 9.59 Å². The van der Waals surface area contributed by atoms with Crippen LogP contribution in [-0.4, -0.2) is 40.5 Å². The van der Waals surface area contributed by atoms with Gasteiger partial charge in [0.25, 0.3) is 0 Å². The zero-order valence-corrected chi connectivity index (χ0v) is 14.8. The molecule has 142 valence electrons. The molecule has 7 nitrogen and oxygen atoms in total. The van der Waals surface area contributed by atoms with E-state index < -0.39 is 29.5 Å². The molecule has 0 bridgehead atoms. The van der Waals surface area contributed by atoms with Gasteiger partial charge in [0, 0.05) is 27.2 Å². The van der Waals surface area contributed by atoms with Crippen LogP contribution in [0.25, 0.3) is 0 Å². The zero-order chi connectivity index (χ0) is 19.6. The third-order valence-corrected chi connectivity index (χ3v) is 3.74. The van der Waals surface area contributed by atoms with Crippen molar-refractivity contribution in [3.05, 3.63) is 45.9 Å². The normalized spacial score (nSPS) is 12.7. The third kappa shape index (κ3) is 4.24. The van der Waals surface area contributed by atoms with Gasteiger partial charge in [0.05, 0.1) is 5.56 Å². The summed E-state index contributed by atoms with van der Waals surface area (Å²) in [6.45, 7) is 1.69. The number of aromatic nitrogens is 3. The highest BCUT2D eigenvalue weighted by atomic mass is 19.4. The summed E-state index contributed by atoms with van der Waals surface area (Å²) in [7, 11) is 4.88. The van der Waals surface area contributed by atoms with Crippen LogP contribution in [-0.2, 0) is 19.6 Å². The lowest BCUT2D eigenvalue weighted by Crippen LogP contribution is -2.42. The first-order chi connectivity index (χ1) is 12.0. The third-order valence-electron chi connectivity index (χ3n) is 3.74. The molecule has 0 radical (unpaired) electrons. The number of hydrogen-bond donors (Lipinski definition) is 1. The first-order valence-electron chi connectivity index (χ1n) is 7.81. The van der Waals surface area contributed by atoms with Crippen LogP contribution in [0, 0.1) is 0 Å². The van der Waals surface area contributed by atoms with Gasteiger partial charge in [0.2, 0.25) is 5.95 Å². The van der Waals surface area contributed by atoms with Crippen LogP contribution in [0.5, 0.6) is 0 Å². The van der Waals surface area contributed by atoms with Gasteiger partial charge < -0.3 is 10.2 Å². The van der Waals surface area contributed by atoms with E-state index in [2.05, 4.69) is 10.4 Å². The van der Waals surface area contributed by atoms with Gasteiger partial charge >= 0.3 is 17.9 Å². The number of hydrogen-bond acceptors (Lipinski definition) is 4. The van der Waals surface area contributed by atoms with E-state index in [-0.39, 0.29) is 0 Å². The molecule has 0 fully saturated rings. The molecule has 0 aliphatic carbocycles. The fourth-order valence-electron chi connectivity index (χ4n) is 2.45. The Labute approximate surface area is 148 Å². The number of nitrogens with one attached hydrogen (secondary N) is 1.